The largest absolute Gasteiger partial charge is 0.328 e. The Bertz CT molecular complexity index is 666. The fourth-order valence-electron chi connectivity index (χ4n) is 1.93. The number of aromatic nitrogens is 3. The molecule has 5 heteroatoms. The SMILES string of the molecule is N#Cc1cc2ncn(CC3(C#N)CC3)c2cn1. The number of nitriles is 2. The van der Waals surface area contributed by atoms with Gasteiger partial charge in [-0.1, -0.05) is 0 Å². The average molecular weight is 223 g/mol. The second-order valence-corrected chi connectivity index (χ2v) is 4.43. The number of imidazole rings is 1. The van der Waals surface area contributed by atoms with Gasteiger partial charge in [0.15, 0.2) is 0 Å². The zero-order valence-electron chi connectivity index (χ0n) is 9.09. The zero-order valence-corrected chi connectivity index (χ0v) is 9.09. The topological polar surface area (TPSA) is 78.3 Å². The summed E-state index contributed by atoms with van der Waals surface area (Å²) in [4.78, 5) is 8.27. The van der Waals surface area contributed by atoms with E-state index in [1.54, 1.807) is 18.6 Å². The third kappa shape index (κ3) is 1.53. The lowest BCUT2D eigenvalue weighted by molar-refractivity contribution is 0.538. The Balaban J connectivity index is 2.02. The lowest BCUT2D eigenvalue weighted by atomic mass is 10.1. The summed E-state index contributed by atoms with van der Waals surface area (Å²) in [7, 11) is 0. The molecule has 1 aliphatic carbocycles. The number of fused-ring (bicyclic) bond motifs is 1. The standard InChI is InChI=1S/C12H9N5/c13-4-9-3-10-11(5-15-9)17(8-16-10)7-12(6-14)1-2-12/h3,5,8H,1-2,7H2. The first-order chi connectivity index (χ1) is 8.26. The Morgan fingerprint density at radius 1 is 1.35 bits per heavy atom. The van der Waals surface area contributed by atoms with Gasteiger partial charge in [0.1, 0.15) is 11.8 Å². The molecular formula is C12H9N5. The van der Waals surface area contributed by atoms with E-state index in [1.807, 2.05) is 10.6 Å². The number of rotatable bonds is 2. The molecule has 0 atom stereocenters. The van der Waals surface area contributed by atoms with Crippen LogP contribution < -0.4 is 0 Å². The van der Waals surface area contributed by atoms with Crippen molar-refractivity contribution in [3.8, 4) is 12.1 Å². The van der Waals surface area contributed by atoms with Crippen molar-refractivity contribution in [2.24, 2.45) is 5.41 Å². The molecule has 0 spiro atoms. The van der Waals surface area contributed by atoms with Gasteiger partial charge in [-0.25, -0.2) is 9.97 Å². The summed E-state index contributed by atoms with van der Waals surface area (Å²) < 4.78 is 1.94. The van der Waals surface area contributed by atoms with E-state index < -0.39 is 0 Å². The molecule has 0 aromatic carbocycles. The molecular weight excluding hydrogens is 214 g/mol. The van der Waals surface area contributed by atoms with Gasteiger partial charge < -0.3 is 4.57 Å². The van der Waals surface area contributed by atoms with Crippen LogP contribution in [-0.2, 0) is 6.54 Å². The quantitative estimate of drug-likeness (QED) is 0.774. The van der Waals surface area contributed by atoms with Crippen LogP contribution in [0.4, 0.5) is 0 Å². The van der Waals surface area contributed by atoms with Gasteiger partial charge in [0, 0.05) is 12.6 Å². The first-order valence-electron chi connectivity index (χ1n) is 5.39. The highest BCUT2D eigenvalue weighted by molar-refractivity contribution is 5.75. The van der Waals surface area contributed by atoms with E-state index in [1.165, 1.54) is 0 Å². The Morgan fingerprint density at radius 3 is 2.82 bits per heavy atom. The van der Waals surface area contributed by atoms with Crippen LogP contribution in [0.2, 0.25) is 0 Å². The van der Waals surface area contributed by atoms with Gasteiger partial charge in [-0.15, -0.1) is 0 Å². The van der Waals surface area contributed by atoms with Crippen molar-refractivity contribution in [1.29, 1.82) is 10.5 Å². The molecule has 82 valence electrons. The normalized spacial score (nSPS) is 16.4. The van der Waals surface area contributed by atoms with Crippen molar-refractivity contribution >= 4 is 11.0 Å². The van der Waals surface area contributed by atoms with Crippen molar-refractivity contribution in [1.82, 2.24) is 14.5 Å². The predicted octanol–water partition coefficient (Wildman–Crippen LogP) is 1.61. The molecule has 0 amide bonds. The van der Waals surface area contributed by atoms with Gasteiger partial charge in [-0.05, 0) is 12.8 Å². The Morgan fingerprint density at radius 2 is 2.18 bits per heavy atom. The summed E-state index contributed by atoms with van der Waals surface area (Å²) in [5.74, 6) is 0. The van der Waals surface area contributed by atoms with Gasteiger partial charge in [0.2, 0.25) is 0 Å². The van der Waals surface area contributed by atoms with Crippen molar-refractivity contribution < 1.29 is 0 Å². The van der Waals surface area contributed by atoms with Crippen LogP contribution in [-0.4, -0.2) is 14.5 Å². The van der Waals surface area contributed by atoms with Gasteiger partial charge in [-0.2, -0.15) is 10.5 Å². The minimum absolute atomic E-state index is 0.207. The monoisotopic (exact) mass is 223 g/mol. The molecule has 1 aliphatic rings. The third-order valence-electron chi connectivity index (χ3n) is 3.19. The van der Waals surface area contributed by atoms with Crippen LogP contribution >= 0.6 is 0 Å². The Hall–Kier alpha value is -2.40. The zero-order chi connectivity index (χ0) is 11.9. The number of hydrogen-bond acceptors (Lipinski definition) is 4. The molecule has 0 aliphatic heterocycles. The Kier molecular flexibility index (Phi) is 1.90. The molecule has 0 bridgehead atoms. The van der Waals surface area contributed by atoms with Crippen molar-refractivity contribution in [3.63, 3.8) is 0 Å². The van der Waals surface area contributed by atoms with Crippen molar-refractivity contribution in [2.45, 2.75) is 19.4 Å². The first kappa shape index (κ1) is 9.80. The maximum absolute atomic E-state index is 9.07. The minimum atomic E-state index is -0.207. The molecule has 0 N–H and O–H groups in total. The maximum atomic E-state index is 9.07. The smallest absolute Gasteiger partial charge is 0.142 e. The second kappa shape index (κ2) is 3.29. The van der Waals surface area contributed by atoms with Gasteiger partial charge >= 0.3 is 0 Å². The molecule has 1 saturated carbocycles. The highest BCUT2D eigenvalue weighted by atomic mass is 15.1. The highest BCUT2D eigenvalue weighted by Gasteiger charge is 2.43. The minimum Gasteiger partial charge on any atom is -0.328 e. The van der Waals surface area contributed by atoms with Crippen LogP contribution in [0.3, 0.4) is 0 Å². The molecule has 1 fully saturated rings. The predicted molar refractivity (Wildman–Crippen MR) is 59.5 cm³/mol. The van der Waals surface area contributed by atoms with E-state index in [-0.39, 0.29) is 5.41 Å². The van der Waals surface area contributed by atoms with E-state index >= 15 is 0 Å². The van der Waals surface area contributed by atoms with E-state index in [0.29, 0.717) is 12.2 Å². The van der Waals surface area contributed by atoms with Crippen LogP contribution in [0.15, 0.2) is 18.6 Å². The summed E-state index contributed by atoms with van der Waals surface area (Å²) >= 11 is 0. The summed E-state index contributed by atoms with van der Waals surface area (Å²) in [6.45, 7) is 0.660. The lowest BCUT2D eigenvalue weighted by Gasteiger charge is -2.07. The van der Waals surface area contributed by atoms with E-state index in [2.05, 4.69) is 16.0 Å². The van der Waals surface area contributed by atoms with E-state index in [4.69, 9.17) is 10.5 Å². The van der Waals surface area contributed by atoms with Gasteiger partial charge in [-0.3, -0.25) is 0 Å². The summed E-state index contributed by atoms with van der Waals surface area (Å²) in [6, 6.07) is 6.01. The molecule has 0 unspecified atom stereocenters. The van der Waals surface area contributed by atoms with Crippen LogP contribution in [0.1, 0.15) is 18.5 Å². The first-order valence-corrected chi connectivity index (χ1v) is 5.39. The number of hydrogen-bond donors (Lipinski definition) is 0. The third-order valence-corrected chi connectivity index (χ3v) is 3.19. The van der Waals surface area contributed by atoms with Gasteiger partial charge in [0.25, 0.3) is 0 Å². The highest BCUT2D eigenvalue weighted by Crippen LogP contribution is 2.46. The second-order valence-electron chi connectivity index (χ2n) is 4.43. The average Bonchev–Trinajstić information content (AvgIpc) is 3.04. The van der Waals surface area contributed by atoms with Crippen molar-refractivity contribution in [2.75, 3.05) is 0 Å². The fraction of sp³-hybridized carbons (Fsp3) is 0.333. The Labute approximate surface area is 97.9 Å². The number of nitrogens with zero attached hydrogens (tertiary/aromatic N) is 5. The maximum Gasteiger partial charge on any atom is 0.142 e. The van der Waals surface area contributed by atoms with Crippen LogP contribution in [0.5, 0.6) is 0 Å². The molecule has 2 aromatic rings. The summed E-state index contributed by atoms with van der Waals surface area (Å²) in [5, 5.41) is 17.8. The molecule has 5 nitrogen and oxygen atoms in total. The molecule has 3 rings (SSSR count). The van der Waals surface area contributed by atoms with E-state index in [9.17, 15) is 0 Å². The van der Waals surface area contributed by atoms with Crippen LogP contribution in [0, 0.1) is 28.1 Å². The summed E-state index contributed by atoms with van der Waals surface area (Å²) in [5.41, 5.74) is 1.79. The molecule has 17 heavy (non-hydrogen) atoms. The molecule has 0 saturated heterocycles. The van der Waals surface area contributed by atoms with Crippen molar-refractivity contribution in [3.05, 3.63) is 24.3 Å². The lowest BCUT2D eigenvalue weighted by Crippen LogP contribution is -2.08. The van der Waals surface area contributed by atoms with Gasteiger partial charge in [0.05, 0.1) is 35.0 Å². The fourth-order valence-corrected chi connectivity index (χ4v) is 1.93. The molecule has 0 radical (unpaired) electrons. The molecule has 2 heterocycles. The number of pyridine rings is 1. The van der Waals surface area contributed by atoms with E-state index in [0.717, 1.165) is 23.9 Å². The van der Waals surface area contributed by atoms with Crippen LogP contribution in [0.25, 0.3) is 11.0 Å². The summed E-state index contributed by atoms with van der Waals surface area (Å²) in [6.07, 6.45) is 5.26. The molecule has 2 aromatic heterocycles.